The van der Waals surface area contributed by atoms with Gasteiger partial charge in [0.05, 0.1) is 29.6 Å². The number of sulfonamides is 1. The van der Waals surface area contributed by atoms with Crippen LogP contribution in [0, 0.1) is 17.8 Å². The summed E-state index contributed by atoms with van der Waals surface area (Å²) in [5.74, 6) is -0.470. The number of aliphatic hydroxyl groups is 1. The average Bonchev–Trinajstić information content (AvgIpc) is 3.14. The van der Waals surface area contributed by atoms with Crippen LogP contribution in [-0.4, -0.2) is 62.9 Å². The Morgan fingerprint density at radius 3 is 2.67 bits per heavy atom. The first-order valence-corrected chi connectivity index (χ1v) is 18.6. The van der Waals surface area contributed by atoms with E-state index in [-0.39, 0.29) is 41.1 Å². The molecule has 2 bridgehead atoms. The van der Waals surface area contributed by atoms with Crippen molar-refractivity contribution in [1.82, 2.24) is 10.0 Å². The number of halogens is 1. The van der Waals surface area contributed by atoms with Crippen LogP contribution in [0.3, 0.4) is 0 Å². The highest BCUT2D eigenvalue weighted by Gasteiger charge is 2.49. The van der Waals surface area contributed by atoms with E-state index >= 15 is 0 Å². The predicted molar refractivity (Wildman–Crippen MR) is 179 cm³/mol. The maximum Gasteiger partial charge on any atom is 0.264 e. The SMILES string of the molecule is CNC(=O)C[C@]1(O)CCC[C@H](C)[C@@H](C)S(=O)(=O)NC(=O)c2ccc3c(c2)N(C[C@@H]2CC[C@H]21)C[C@@]1(CCCc2cc(Cl)ccc21)CO3. The van der Waals surface area contributed by atoms with Crippen molar-refractivity contribution in [3.8, 4) is 5.75 Å². The molecule has 250 valence electrons. The van der Waals surface area contributed by atoms with E-state index in [4.69, 9.17) is 16.3 Å². The smallest absolute Gasteiger partial charge is 0.264 e. The van der Waals surface area contributed by atoms with E-state index in [0.29, 0.717) is 49.7 Å². The van der Waals surface area contributed by atoms with Crippen LogP contribution < -0.4 is 19.7 Å². The van der Waals surface area contributed by atoms with Crippen molar-refractivity contribution in [2.75, 3.05) is 31.6 Å². The number of fused-ring (bicyclic) bond motifs is 4. The van der Waals surface area contributed by atoms with Crippen molar-refractivity contribution in [2.24, 2.45) is 17.8 Å². The molecular weight excluding hydrogens is 626 g/mol. The van der Waals surface area contributed by atoms with E-state index in [2.05, 4.69) is 27.1 Å². The van der Waals surface area contributed by atoms with Crippen LogP contribution in [0.4, 0.5) is 5.69 Å². The molecule has 6 rings (SSSR count). The first-order chi connectivity index (χ1) is 21.8. The zero-order valence-corrected chi connectivity index (χ0v) is 28.6. The summed E-state index contributed by atoms with van der Waals surface area (Å²) < 4.78 is 35.6. The largest absolute Gasteiger partial charge is 0.490 e. The van der Waals surface area contributed by atoms with E-state index in [1.54, 1.807) is 32.2 Å². The fourth-order valence-electron chi connectivity index (χ4n) is 8.36. The summed E-state index contributed by atoms with van der Waals surface area (Å²) in [7, 11) is -2.39. The van der Waals surface area contributed by atoms with Gasteiger partial charge in [-0.2, -0.15) is 0 Å². The summed E-state index contributed by atoms with van der Waals surface area (Å²) in [4.78, 5) is 28.4. The molecule has 2 aromatic carbocycles. The van der Waals surface area contributed by atoms with Gasteiger partial charge in [0.15, 0.2) is 0 Å². The topological polar surface area (TPSA) is 125 Å². The van der Waals surface area contributed by atoms with E-state index in [1.165, 1.54) is 11.1 Å². The van der Waals surface area contributed by atoms with E-state index in [0.717, 1.165) is 37.8 Å². The zero-order chi connectivity index (χ0) is 32.9. The van der Waals surface area contributed by atoms with Gasteiger partial charge >= 0.3 is 0 Å². The number of carbonyl (C=O) groups is 2. The van der Waals surface area contributed by atoms with Gasteiger partial charge < -0.3 is 20.1 Å². The van der Waals surface area contributed by atoms with Gasteiger partial charge in [-0.25, -0.2) is 13.1 Å². The zero-order valence-electron chi connectivity index (χ0n) is 27.0. The first-order valence-electron chi connectivity index (χ1n) is 16.6. The molecule has 2 heterocycles. The normalized spacial score (nSPS) is 32.5. The molecule has 1 fully saturated rings. The van der Waals surface area contributed by atoms with Gasteiger partial charge in [-0.3, -0.25) is 9.59 Å². The van der Waals surface area contributed by atoms with Crippen LogP contribution in [0.2, 0.25) is 5.02 Å². The van der Waals surface area contributed by atoms with Crippen LogP contribution in [0.25, 0.3) is 0 Å². The third-order valence-corrected chi connectivity index (χ3v) is 13.6. The number of carbonyl (C=O) groups excluding carboxylic acids is 2. The molecule has 6 atom stereocenters. The average molecular weight is 672 g/mol. The summed E-state index contributed by atoms with van der Waals surface area (Å²) in [5.41, 5.74) is 1.88. The molecule has 4 aliphatic rings. The lowest BCUT2D eigenvalue weighted by atomic mass is 9.61. The second-order valence-corrected chi connectivity index (χ2v) is 16.7. The fourth-order valence-corrected chi connectivity index (χ4v) is 9.86. The Bertz CT molecular complexity index is 1620. The quantitative estimate of drug-likeness (QED) is 0.412. The Morgan fingerprint density at radius 1 is 1.13 bits per heavy atom. The van der Waals surface area contributed by atoms with Crippen molar-refractivity contribution in [1.29, 1.82) is 0 Å². The lowest BCUT2D eigenvalue weighted by molar-refractivity contribution is -0.136. The van der Waals surface area contributed by atoms with E-state index in [9.17, 15) is 23.1 Å². The Balaban J connectivity index is 1.44. The van der Waals surface area contributed by atoms with Gasteiger partial charge in [-0.15, -0.1) is 0 Å². The summed E-state index contributed by atoms with van der Waals surface area (Å²) >= 11 is 6.41. The minimum Gasteiger partial charge on any atom is -0.490 e. The highest BCUT2D eigenvalue weighted by molar-refractivity contribution is 7.90. The molecule has 1 spiro atoms. The molecule has 1 saturated carbocycles. The molecule has 0 unspecified atom stereocenters. The number of ether oxygens (including phenoxy) is 1. The second-order valence-electron chi connectivity index (χ2n) is 14.2. The van der Waals surface area contributed by atoms with Crippen LogP contribution >= 0.6 is 11.6 Å². The molecule has 2 aliphatic carbocycles. The summed E-state index contributed by atoms with van der Waals surface area (Å²) in [6.45, 7) is 5.16. The van der Waals surface area contributed by atoms with Gasteiger partial charge in [0, 0.05) is 36.1 Å². The van der Waals surface area contributed by atoms with Gasteiger partial charge in [-0.05, 0) is 111 Å². The lowest BCUT2D eigenvalue weighted by Gasteiger charge is -2.50. The molecule has 9 nitrogen and oxygen atoms in total. The van der Waals surface area contributed by atoms with Crippen LogP contribution in [0.5, 0.6) is 5.75 Å². The molecule has 2 aromatic rings. The van der Waals surface area contributed by atoms with Gasteiger partial charge in [-0.1, -0.05) is 31.0 Å². The first kappa shape index (κ1) is 33.1. The van der Waals surface area contributed by atoms with Crippen molar-refractivity contribution in [3.63, 3.8) is 0 Å². The monoisotopic (exact) mass is 671 g/mol. The number of aryl methyl sites for hydroxylation is 1. The number of amides is 2. The number of nitrogens with zero attached hydrogens (tertiary/aromatic N) is 1. The van der Waals surface area contributed by atoms with Crippen molar-refractivity contribution >= 4 is 39.1 Å². The lowest BCUT2D eigenvalue weighted by Crippen LogP contribution is -2.54. The molecule has 0 saturated heterocycles. The molecule has 2 amide bonds. The van der Waals surface area contributed by atoms with Crippen molar-refractivity contribution in [2.45, 2.75) is 87.9 Å². The van der Waals surface area contributed by atoms with E-state index < -0.39 is 26.8 Å². The van der Waals surface area contributed by atoms with E-state index in [1.807, 2.05) is 13.0 Å². The minimum atomic E-state index is -3.98. The van der Waals surface area contributed by atoms with Crippen molar-refractivity contribution < 1.29 is 27.9 Å². The minimum absolute atomic E-state index is 0.00484. The van der Waals surface area contributed by atoms with Crippen LogP contribution in [0.1, 0.15) is 86.7 Å². The third kappa shape index (κ3) is 6.24. The van der Waals surface area contributed by atoms with Gasteiger partial charge in [0.2, 0.25) is 15.9 Å². The summed E-state index contributed by atoms with van der Waals surface area (Å²) in [6, 6.07) is 11.2. The van der Waals surface area contributed by atoms with Crippen LogP contribution in [-0.2, 0) is 26.7 Å². The second kappa shape index (κ2) is 12.7. The van der Waals surface area contributed by atoms with Gasteiger partial charge in [0.25, 0.3) is 5.91 Å². The van der Waals surface area contributed by atoms with Crippen LogP contribution in [0.15, 0.2) is 36.4 Å². The van der Waals surface area contributed by atoms with Gasteiger partial charge in [0.1, 0.15) is 5.75 Å². The molecule has 46 heavy (non-hydrogen) atoms. The highest BCUT2D eigenvalue weighted by atomic mass is 35.5. The number of anilines is 1. The number of rotatable bonds is 2. The molecule has 11 heteroatoms. The molecule has 2 aliphatic heterocycles. The summed E-state index contributed by atoms with van der Waals surface area (Å²) in [6.07, 6.45) is 6.08. The predicted octanol–water partition coefficient (Wildman–Crippen LogP) is 4.97. The number of hydrogen-bond donors (Lipinski definition) is 3. The number of hydrogen-bond acceptors (Lipinski definition) is 7. The summed E-state index contributed by atoms with van der Waals surface area (Å²) in [5, 5.41) is 14.8. The Kier molecular flexibility index (Phi) is 9.10. The molecule has 3 N–H and O–H groups in total. The Labute approximate surface area is 277 Å². The molecular formula is C35H46ClN3O6S. The number of benzene rings is 2. The molecule has 0 radical (unpaired) electrons. The van der Waals surface area contributed by atoms with Crippen molar-refractivity contribution in [3.05, 3.63) is 58.1 Å². The Hall–Kier alpha value is -2.82. The standard InChI is InChI=1S/C35H46ClN3O6S/c1-22-6-4-15-35(42,18-32(40)37-3)29-11-8-26(29)19-39-20-34(14-5-7-24-16-27(36)10-12-28(24)34)21-45-31-13-9-25(17-30(31)39)33(41)38-46(43,44)23(22)2/h9-10,12-13,16-17,22-23,26,29,42H,4-8,11,14-15,18-21H2,1-3H3,(H,37,40)(H,38,41)/t22-,23+,26-,29+,34-,35+/m0/s1. The third-order valence-electron chi connectivity index (χ3n) is 11.4. The molecule has 0 aromatic heterocycles. The highest BCUT2D eigenvalue weighted by Crippen LogP contribution is 2.49. The maximum absolute atomic E-state index is 13.5. The number of nitrogens with one attached hydrogen (secondary N) is 2. The fraction of sp³-hybridized carbons (Fsp3) is 0.600. The Morgan fingerprint density at radius 2 is 1.93 bits per heavy atom. The maximum atomic E-state index is 13.5.